The SMILES string of the molecule is Cc1cc(C)c(C2CC(C(C)(C)C)CCC2CN)cc1C. The molecule has 1 saturated carbocycles. The zero-order valence-electron chi connectivity index (χ0n) is 14.8. The Bertz CT molecular complexity index is 495. The van der Waals surface area contributed by atoms with E-state index in [0.29, 0.717) is 17.3 Å². The number of aryl methyl sites for hydroxylation is 3. The Balaban J connectivity index is 2.36. The predicted molar refractivity (Wildman–Crippen MR) is 92.7 cm³/mol. The highest BCUT2D eigenvalue weighted by Gasteiger charge is 2.36. The Labute approximate surface area is 131 Å². The van der Waals surface area contributed by atoms with E-state index in [1.54, 1.807) is 5.56 Å². The van der Waals surface area contributed by atoms with Crippen LogP contribution in [-0.4, -0.2) is 6.54 Å². The maximum Gasteiger partial charge on any atom is -0.00430 e. The zero-order valence-corrected chi connectivity index (χ0v) is 14.8. The first kappa shape index (κ1) is 16.5. The quantitative estimate of drug-likeness (QED) is 0.803. The Morgan fingerprint density at radius 3 is 2.19 bits per heavy atom. The van der Waals surface area contributed by atoms with E-state index in [-0.39, 0.29) is 0 Å². The second kappa shape index (κ2) is 6.12. The zero-order chi connectivity index (χ0) is 15.8. The van der Waals surface area contributed by atoms with Crippen LogP contribution in [0.2, 0.25) is 0 Å². The lowest BCUT2D eigenvalue weighted by atomic mass is 9.63. The minimum absolute atomic E-state index is 0.408. The molecule has 1 aliphatic carbocycles. The second-order valence-electron chi connectivity index (χ2n) is 8.27. The molecule has 1 heteroatoms. The first-order chi connectivity index (χ1) is 9.74. The van der Waals surface area contributed by atoms with Gasteiger partial charge in [-0.05, 0) is 92.0 Å². The van der Waals surface area contributed by atoms with Crippen molar-refractivity contribution in [2.45, 2.75) is 66.7 Å². The summed E-state index contributed by atoms with van der Waals surface area (Å²) in [6, 6.07) is 4.79. The van der Waals surface area contributed by atoms with E-state index in [1.165, 1.54) is 36.0 Å². The summed E-state index contributed by atoms with van der Waals surface area (Å²) in [6.45, 7) is 14.7. The van der Waals surface area contributed by atoms with E-state index >= 15 is 0 Å². The highest BCUT2D eigenvalue weighted by atomic mass is 14.6. The fourth-order valence-corrected chi connectivity index (χ4v) is 4.07. The van der Waals surface area contributed by atoms with Gasteiger partial charge in [-0.3, -0.25) is 0 Å². The van der Waals surface area contributed by atoms with Crippen LogP contribution in [0.1, 0.15) is 68.2 Å². The van der Waals surface area contributed by atoms with Gasteiger partial charge in [0.15, 0.2) is 0 Å². The Morgan fingerprint density at radius 2 is 1.62 bits per heavy atom. The van der Waals surface area contributed by atoms with Gasteiger partial charge in [0.2, 0.25) is 0 Å². The summed E-state index contributed by atoms with van der Waals surface area (Å²) in [5.41, 5.74) is 12.4. The first-order valence-corrected chi connectivity index (χ1v) is 8.51. The van der Waals surface area contributed by atoms with Crippen molar-refractivity contribution in [3.63, 3.8) is 0 Å². The maximum atomic E-state index is 6.10. The van der Waals surface area contributed by atoms with E-state index in [2.05, 4.69) is 53.7 Å². The van der Waals surface area contributed by atoms with Crippen LogP contribution in [0.15, 0.2) is 12.1 Å². The molecule has 0 heterocycles. The van der Waals surface area contributed by atoms with E-state index in [1.807, 2.05) is 0 Å². The van der Waals surface area contributed by atoms with Gasteiger partial charge in [-0.25, -0.2) is 0 Å². The summed E-state index contributed by atoms with van der Waals surface area (Å²) in [7, 11) is 0. The van der Waals surface area contributed by atoms with Crippen molar-refractivity contribution in [3.05, 3.63) is 34.4 Å². The monoisotopic (exact) mass is 287 g/mol. The van der Waals surface area contributed by atoms with Crippen LogP contribution in [0.4, 0.5) is 0 Å². The summed E-state index contributed by atoms with van der Waals surface area (Å²) >= 11 is 0. The van der Waals surface area contributed by atoms with Gasteiger partial charge < -0.3 is 5.73 Å². The normalized spacial score (nSPS) is 26.9. The van der Waals surface area contributed by atoms with Gasteiger partial charge in [-0.15, -0.1) is 0 Å². The van der Waals surface area contributed by atoms with Crippen molar-refractivity contribution in [1.29, 1.82) is 0 Å². The number of nitrogens with two attached hydrogens (primary N) is 1. The van der Waals surface area contributed by atoms with Crippen molar-refractivity contribution in [1.82, 2.24) is 0 Å². The highest BCUT2D eigenvalue weighted by Crippen LogP contribution is 2.47. The topological polar surface area (TPSA) is 26.0 Å². The van der Waals surface area contributed by atoms with Crippen molar-refractivity contribution in [3.8, 4) is 0 Å². The molecule has 3 unspecified atom stereocenters. The number of benzene rings is 1. The first-order valence-electron chi connectivity index (χ1n) is 8.51. The van der Waals surface area contributed by atoms with Gasteiger partial charge in [0, 0.05) is 0 Å². The third-order valence-electron chi connectivity index (χ3n) is 5.80. The van der Waals surface area contributed by atoms with Crippen LogP contribution in [0.25, 0.3) is 0 Å². The van der Waals surface area contributed by atoms with E-state index in [0.717, 1.165) is 12.5 Å². The Hall–Kier alpha value is -0.820. The predicted octanol–water partition coefficient (Wildman–Crippen LogP) is 5.12. The number of hydrogen-bond acceptors (Lipinski definition) is 1. The summed E-state index contributed by atoms with van der Waals surface area (Å²) in [6.07, 6.45) is 3.93. The lowest BCUT2D eigenvalue weighted by Crippen LogP contribution is -2.34. The fourth-order valence-electron chi connectivity index (χ4n) is 4.07. The Morgan fingerprint density at radius 1 is 1.00 bits per heavy atom. The van der Waals surface area contributed by atoms with E-state index in [9.17, 15) is 0 Å². The van der Waals surface area contributed by atoms with Gasteiger partial charge in [-0.1, -0.05) is 32.9 Å². The van der Waals surface area contributed by atoms with Gasteiger partial charge in [-0.2, -0.15) is 0 Å². The van der Waals surface area contributed by atoms with Crippen molar-refractivity contribution < 1.29 is 0 Å². The summed E-state index contributed by atoms with van der Waals surface area (Å²) in [5.74, 6) is 2.11. The van der Waals surface area contributed by atoms with Crippen LogP contribution in [0.5, 0.6) is 0 Å². The average molecular weight is 287 g/mol. The molecule has 3 atom stereocenters. The molecule has 1 aliphatic rings. The third kappa shape index (κ3) is 3.51. The summed E-state index contributed by atoms with van der Waals surface area (Å²) in [5, 5.41) is 0. The molecule has 2 rings (SSSR count). The molecule has 0 spiro atoms. The molecule has 118 valence electrons. The third-order valence-corrected chi connectivity index (χ3v) is 5.80. The molecular weight excluding hydrogens is 254 g/mol. The van der Waals surface area contributed by atoms with Crippen LogP contribution in [-0.2, 0) is 0 Å². The fraction of sp³-hybridized carbons (Fsp3) is 0.700. The minimum Gasteiger partial charge on any atom is -0.330 e. The molecule has 0 aliphatic heterocycles. The maximum absolute atomic E-state index is 6.10. The molecule has 1 fully saturated rings. The highest BCUT2D eigenvalue weighted by molar-refractivity contribution is 5.39. The number of rotatable bonds is 2. The lowest BCUT2D eigenvalue weighted by Gasteiger charge is -2.42. The van der Waals surface area contributed by atoms with Gasteiger partial charge in [0.25, 0.3) is 0 Å². The van der Waals surface area contributed by atoms with Crippen molar-refractivity contribution >= 4 is 0 Å². The van der Waals surface area contributed by atoms with Gasteiger partial charge in [0.05, 0.1) is 0 Å². The van der Waals surface area contributed by atoms with Crippen molar-refractivity contribution in [2.24, 2.45) is 23.0 Å². The molecule has 0 amide bonds. The lowest BCUT2D eigenvalue weighted by molar-refractivity contribution is 0.133. The van der Waals surface area contributed by atoms with E-state index < -0.39 is 0 Å². The molecule has 1 aromatic carbocycles. The van der Waals surface area contributed by atoms with Crippen LogP contribution >= 0.6 is 0 Å². The molecule has 0 bridgehead atoms. The molecule has 1 nitrogen and oxygen atoms in total. The standard InChI is InChI=1S/C20H33N/c1-13-9-15(3)18(10-14(13)2)19-11-17(20(4,5)6)8-7-16(19)12-21/h9-10,16-17,19H,7-8,11-12,21H2,1-6H3. The molecule has 0 aromatic heterocycles. The molecule has 0 saturated heterocycles. The van der Waals surface area contributed by atoms with Crippen LogP contribution in [0.3, 0.4) is 0 Å². The van der Waals surface area contributed by atoms with Crippen molar-refractivity contribution in [2.75, 3.05) is 6.54 Å². The Kier molecular flexibility index (Phi) is 4.82. The summed E-state index contributed by atoms with van der Waals surface area (Å²) in [4.78, 5) is 0. The molecule has 1 aromatic rings. The minimum atomic E-state index is 0.408. The van der Waals surface area contributed by atoms with Gasteiger partial charge >= 0.3 is 0 Å². The number of hydrogen-bond donors (Lipinski definition) is 1. The average Bonchev–Trinajstić information content (AvgIpc) is 2.41. The molecule has 21 heavy (non-hydrogen) atoms. The largest absolute Gasteiger partial charge is 0.330 e. The second-order valence-corrected chi connectivity index (χ2v) is 8.27. The molecular formula is C20H33N. The molecule has 2 N–H and O–H groups in total. The molecule has 0 radical (unpaired) electrons. The van der Waals surface area contributed by atoms with Crippen LogP contribution in [0, 0.1) is 38.0 Å². The smallest absolute Gasteiger partial charge is 0.00430 e. The summed E-state index contributed by atoms with van der Waals surface area (Å²) < 4.78 is 0. The van der Waals surface area contributed by atoms with E-state index in [4.69, 9.17) is 5.73 Å². The van der Waals surface area contributed by atoms with Crippen LogP contribution < -0.4 is 5.73 Å². The van der Waals surface area contributed by atoms with Gasteiger partial charge in [0.1, 0.15) is 0 Å².